The summed E-state index contributed by atoms with van der Waals surface area (Å²) in [4.78, 5) is 32.6. The molecule has 2 aliphatic heterocycles. The molecule has 0 saturated carbocycles. The molecule has 3 amide bonds. The van der Waals surface area contributed by atoms with Crippen molar-refractivity contribution in [1.82, 2.24) is 19.7 Å². The number of benzene rings is 1. The van der Waals surface area contributed by atoms with Gasteiger partial charge in [-0.2, -0.15) is 5.10 Å². The van der Waals surface area contributed by atoms with Crippen molar-refractivity contribution < 1.29 is 28.3 Å². The summed E-state index contributed by atoms with van der Waals surface area (Å²) in [6, 6.07) is 1.32. The number of aromatic nitrogens is 2. The van der Waals surface area contributed by atoms with E-state index in [9.17, 15) is 23.5 Å². The fourth-order valence-corrected chi connectivity index (χ4v) is 4.13. The number of hydrogen-bond acceptors (Lipinski definition) is 5. The normalized spacial score (nSPS) is 20.9. The van der Waals surface area contributed by atoms with Crippen molar-refractivity contribution in [3.05, 3.63) is 45.2 Å². The summed E-state index contributed by atoms with van der Waals surface area (Å²) >= 11 is 2.82. The number of nitrogens with one attached hydrogen (secondary N) is 1. The van der Waals surface area contributed by atoms with Gasteiger partial charge in [-0.3, -0.25) is 14.3 Å². The van der Waals surface area contributed by atoms with Gasteiger partial charge in [0.2, 0.25) is 0 Å². The predicted octanol–water partition coefficient (Wildman–Crippen LogP) is 2.28. The lowest BCUT2D eigenvalue weighted by Gasteiger charge is -2.33. The predicted molar refractivity (Wildman–Crippen MR) is 108 cm³/mol. The van der Waals surface area contributed by atoms with E-state index in [2.05, 4.69) is 26.3 Å². The molecule has 2 aromatic rings. The first-order chi connectivity index (χ1) is 14.7. The van der Waals surface area contributed by atoms with E-state index in [0.717, 1.165) is 17.2 Å². The zero-order chi connectivity index (χ0) is 22.4. The van der Waals surface area contributed by atoms with E-state index in [1.165, 1.54) is 16.6 Å². The minimum Gasteiger partial charge on any atom is -0.393 e. The van der Waals surface area contributed by atoms with Crippen LogP contribution in [0.2, 0.25) is 0 Å². The van der Waals surface area contributed by atoms with E-state index in [4.69, 9.17) is 4.84 Å². The van der Waals surface area contributed by atoms with Gasteiger partial charge in [-0.25, -0.2) is 18.6 Å². The molecule has 3 heterocycles. The molecule has 0 aliphatic carbocycles. The third kappa shape index (κ3) is 3.79. The van der Waals surface area contributed by atoms with Crippen molar-refractivity contribution in [1.29, 1.82) is 0 Å². The molecule has 0 spiro atoms. The number of carbonyl (C=O) groups is 2. The molecule has 2 aliphatic rings. The van der Waals surface area contributed by atoms with Gasteiger partial charge in [-0.1, -0.05) is 0 Å². The van der Waals surface area contributed by atoms with Crippen LogP contribution in [0.3, 0.4) is 0 Å². The molecule has 0 fully saturated rings. The van der Waals surface area contributed by atoms with Crippen LogP contribution in [-0.4, -0.2) is 62.6 Å². The van der Waals surface area contributed by atoms with Gasteiger partial charge in [0.05, 0.1) is 35.6 Å². The van der Waals surface area contributed by atoms with Crippen molar-refractivity contribution in [2.24, 2.45) is 0 Å². The molecule has 12 heteroatoms. The summed E-state index contributed by atoms with van der Waals surface area (Å²) in [6.45, 7) is 1.79. The second-order valence-electron chi connectivity index (χ2n) is 7.50. The lowest BCUT2D eigenvalue weighted by Crippen LogP contribution is -2.45. The summed E-state index contributed by atoms with van der Waals surface area (Å²) < 4.78 is 28.9. The Balaban J connectivity index is 1.63. The van der Waals surface area contributed by atoms with Crippen molar-refractivity contribution in [3.63, 3.8) is 0 Å². The smallest absolute Gasteiger partial charge is 0.322 e. The molecule has 1 aromatic carbocycles. The number of amides is 3. The number of rotatable bonds is 2. The Morgan fingerprint density at radius 3 is 2.87 bits per heavy atom. The quantitative estimate of drug-likeness (QED) is 0.617. The Kier molecular flexibility index (Phi) is 5.71. The van der Waals surface area contributed by atoms with Crippen LogP contribution in [0, 0.1) is 11.6 Å². The first-order valence-corrected chi connectivity index (χ1v) is 10.4. The molecule has 1 aromatic heterocycles. The summed E-state index contributed by atoms with van der Waals surface area (Å²) in [5.41, 5.74) is 1.38. The zero-order valence-electron chi connectivity index (χ0n) is 16.7. The Morgan fingerprint density at radius 2 is 2.16 bits per heavy atom. The maximum Gasteiger partial charge on any atom is 0.322 e. The fraction of sp³-hybridized carbons (Fsp3) is 0.421. The molecule has 31 heavy (non-hydrogen) atoms. The number of aliphatic hydroxyl groups excluding tert-OH is 1. The Bertz CT molecular complexity index is 1060. The first kappa shape index (κ1) is 21.7. The van der Waals surface area contributed by atoms with Gasteiger partial charge in [0, 0.05) is 25.1 Å². The monoisotopic (exact) mass is 499 g/mol. The van der Waals surface area contributed by atoms with Gasteiger partial charge < -0.3 is 15.3 Å². The Hall–Kier alpha value is -2.57. The molecule has 2 N–H and O–H groups in total. The largest absolute Gasteiger partial charge is 0.393 e. The van der Waals surface area contributed by atoms with E-state index in [1.54, 1.807) is 0 Å². The molecule has 4 rings (SSSR count). The van der Waals surface area contributed by atoms with Crippen molar-refractivity contribution in [3.8, 4) is 0 Å². The summed E-state index contributed by atoms with van der Waals surface area (Å²) in [7, 11) is 1.45. The van der Waals surface area contributed by atoms with Crippen LogP contribution in [0.4, 0.5) is 19.3 Å². The van der Waals surface area contributed by atoms with E-state index in [-0.39, 0.29) is 41.6 Å². The number of hydrogen-bond donors (Lipinski definition) is 2. The van der Waals surface area contributed by atoms with Gasteiger partial charge in [0.25, 0.3) is 5.91 Å². The number of halogens is 3. The van der Waals surface area contributed by atoms with Gasteiger partial charge in [0.15, 0.2) is 5.82 Å². The average molecular weight is 500 g/mol. The number of fused-ring (bicyclic) bond motifs is 3. The van der Waals surface area contributed by atoms with Gasteiger partial charge in [-0.05, 0) is 35.0 Å². The topological polar surface area (TPSA) is 99.9 Å². The van der Waals surface area contributed by atoms with Crippen LogP contribution in [0.25, 0.3) is 0 Å². The molecule has 9 nitrogen and oxygen atoms in total. The highest BCUT2D eigenvalue weighted by Crippen LogP contribution is 2.30. The highest BCUT2D eigenvalue weighted by atomic mass is 79.9. The molecule has 2 atom stereocenters. The summed E-state index contributed by atoms with van der Waals surface area (Å²) in [6.07, 6.45) is -0.242. The Labute approximate surface area is 184 Å². The number of aliphatic hydroxyl groups is 1. The van der Waals surface area contributed by atoms with Crippen molar-refractivity contribution in [2.75, 3.05) is 19.0 Å². The summed E-state index contributed by atoms with van der Waals surface area (Å²) in [5.74, 6) is -2.13. The SMILES string of the molecule is C[C@@H]1Cc2nn3c(c2CN1C(=O)Nc1ccc(F)c(Br)c1F)C(=O)N(C)O[C@H](CO)C3. The maximum absolute atomic E-state index is 14.3. The summed E-state index contributed by atoms with van der Waals surface area (Å²) in [5, 5.41) is 17.5. The molecule has 0 radical (unpaired) electrons. The third-order valence-corrected chi connectivity index (χ3v) is 6.12. The maximum atomic E-state index is 14.3. The van der Waals surface area contributed by atoms with Gasteiger partial charge >= 0.3 is 6.03 Å². The van der Waals surface area contributed by atoms with Crippen LogP contribution in [-0.2, 0) is 24.3 Å². The molecular formula is C19H20BrF2N5O4. The number of hydroxylamine groups is 2. The molecule has 166 valence electrons. The molecule has 0 saturated heterocycles. The number of nitrogens with zero attached hydrogens (tertiary/aromatic N) is 4. The average Bonchev–Trinajstić information content (AvgIpc) is 3.02. The third-order valence-electron chi connectivity index (χ3n) is 5.40. The van der Waals surface area contributed by atoms with Crippen LogP contribution in [0.1, 0.15) is 28.7 Å². The van der Waals surface area contributed by atoms with Crippen LogP contribution in [0.15, 0.2) is 16.6 Å². The van der Waals surface area contributed by atoms with E-state index >= 15 is 0 Å². The zero-order valence-corrected chi connectivity index (χ0v) is 18.3. The van der Waals surface area contributed by atoms with Gasteiger partial charge in [-0.15, -0.1) is 0 Å². The standard InChI is InChI=1S/C19H20BrF2N5O4/c1-9-5-14-11(17-18(29)25(2)31-10(8-28)6-27(17)24-14)7-26(9)19(30)23-13-4-3-12(21)15(20)16(13)22/h3-4,9-10,28H,5-8H2,1-2H3,(H,23,30)/t9-,10+/m1/s1. The molecule has 0 bridgehead atoms. The lowest BCUT2D eigenvalue weighted by molar-refractivity contribution is -0.159. The second kappa shape index (κ2) is 8.17. The highest BCUT2D eigenvalue weighted by molar-refractivity contribution is 9.10. The molecular weight excluding hydrogens is 480 g/mol. The highest BCUT2D eigenvalue weighted by Gasteiger charge is 2.37. The van der Waals surface area contributed by atoms with Gasteiger partial charge in [0.1, 0.15) is 17.6 Å². The number of urea groups is 1. The van der Waals surface area contributed by atoms with Crippen LogP contribution < -0.4 is 5.32 Å². The van der Waals surface area contributed by atoms with E-state index < -0.39 is 29.7 Å². The van der Waals surface area contributed by atoms with Crippen molar-refractivity contribution in [2.45, 2.75) is 38.6 Å². The van der Waals surface area contributed by atoms with E-state index in [0.29, 0.717) is 17.7 Å². The van der Waals surface area contributed by atoms with E-state index in [1.807, 2.05) is 6.92 Å². The van der Waals surface area contributed by atoms with Crippen LogP contribution in [0.5, 0.6) is 0 Å². The molecule has 0 unspecified atom stereocenters. The minimum absolute atomic E-state index is 0.0744. The van der Waals surface area contributed by atoms with Crippen LogP contribution >= 0.6 is 15.9 Å². The lowest BCUT2D eigenvalue weighted by atomic mass is 9.99. The number of carbonyl (C=O) groups excluding carboxylic acids is 2. The first-order valence-electron chi connectivity index (χ1n) is 9.56. The Morgan fingerprint density at radius 1 is 1.42 bits per heavy atom. The fourth-order valence-electron chi connectivity index (χ4n) is 3.79. The second-order valence-corrected chi connectivity index (χ2v) is 8.30. The minimum atomic E-state index is -0.915. The number of anilines is 1. The van der Waals surface area contributed by atoms with Crippen molar-refractivity contribution >= 4 is 33.6 Å².